The number of carboxylic acids is 1. The van der Waals surface area contributed by atoms with Crippen LogP contribution in [0, 0.1) is 17.7 Å². The standard InChI is InChI=1S/C32H28FNO3S.C7H17NO5/c1-2-3-5-23-7-9-24(10-8-23)11-12-25-13-15-26(16-14-25)22-34(31(35)21-28-6-4-19-38-28)27-17-18-30(33)29(20-27)32(36)37;1-8-2-4(10)6(12)7(13)5(11)3-9/h4,6-10,13-20H,2-3,5,21-22H2,1H3,(H,36,37);4-13H,2-3H2,1H3/t;4-,5+,6+,7+/m.0/s1. The number of carbonyl (C=O) groups is 2. The molecule has 4 atom stereocenters. The lowest BCUT2D eigenvalue weighted by atomic mass is 10.0. The Bertz CT molecular complexity index is 1720. The molecule has 4 aromatic rings. The number of likely N-dealkylation sites (N-methyl/N-ethyl adjacent to an activating group) is 1. The second kappa shape index (κ2) is 21.0. The quantitative estimate of drug-likeness (QED) is 0.0905. The third-order valence-corrected chi connectivity index (χ3v) is 8.73. The number of benzene rings is 3. The molecule has 0 aliphatic heterocycles. The van der Waals surface area contributed by atoms with Crippen molar-refractivity contribution in [1.82, 2.24) is 5.32 Å². The summed E-state index contributed by atoms with van der Waals surface area (Å²) in [5.41, 5.74) is 3.81. The van der Waals surface area contributed by atoms with Crippen LogP contribution < -0.4 is 10.2 Å². The highest BCUT2D eigenvalue weighted by Gasteiger charge is 2.29. The molecule has 0 saturated heterocycles. The van der Waals surface area contributed by atoms with E-state index in [-0.39, 0.29) is 25.4 Å². The Morgan fingerprint density at radius 3 is 2.02 bits per heavy atom. The number of anilines is 1. The minimum absolute atomic E-state index is 0.0936. The van der Waals surface area contributed by atoms with Gasteiger partial charge >= 0.3 is 5.97 Å². The lowest BCUT2D eigenvalue weighted by Gasteiger charge is -2.25. The number of nitrogens with one attached hydrogen (secondary N) is 1. The molecule has 1 heterocycles. The fourth-order valence-corrected chi connectivity index (χ4v) is 5.57. The van der Waals surface area contributed by atoms with Gasteiger partial charge in [0.15, 0.2) is 0 Å². The number of aryl methyl sites for hydroxylation is 1. The number of carboxylic acid groups (broad SMARTS) is 1. The summed E-state index contributed by atoms with van der Waals surface area (Å²) in [6.45, 7) is 1.83. The van der Waals surface area contributed by atoms with Gasteiger partial charge in [0.2, 0.25) is 5.91 Å². The van der Waals surface area contributed by atoms with Crippen molar-refractivity contribution < 1.29 is 44.6 Å². The summed E-state index contributed by atoms with van der Waals surface area (Å²) in [5.74, 6) is 3.94. The Morgan fingerprint density at radius 2 is 1.49 bits per heavy atom. The first-order valence-electron chi connectivity index (χ1n) is 16.5. The minimum atomic E-state index is -1.55. The number of halogens is 1. The molecule has 0 aliphatic rings. The van der Waals surface area contributed by atoms with Crippen LogP contribution in [0.15, 0.2) is 84.2 Å². The van der Waals surface area contributed by atoms with Gasteiger partial charge in [-0.25, -0.2) is 9.18 Å². The van der Waals surface area contributed by atoms with Crippen LogP contribution >= 0.6 is 11.3 Å². The summed E-state index contributed by atoms with van der Waals surface area (Å²) < 4.78 is 14.0. The Balaban J connectivity index is 0.000000460. The van der Waals surface area contributed by atoms with Crippen molar-refractivity contribution in [2.45, 2.75) is 63.6 Å². The highest BCUT2D eigenvalue weighted by molar-refractivity contribution is 7.10. The lowest BCUT2D eigenvalue weighted by Crippen LogP contribution is -2.48. The third kappa shape index (κ3) is 13.0. The van der Waals surface area contributed by atoms with Crippen LogP contribution in [0.2, 0.25) is 0 Å². The SMILES string of the molecule is CCCCc1ccc(C#Cc2ccc(CN(C(=O)Cc3cccs3)c3ccc(F)c(C(=O)O)c3)cc2)cc1.CNC[C@H](O)[C@@H](O)[C@H](O)[C@H](O)CO. The van der Waals surface area contributed by atoms with Gasteiger partial charge in [-0.1, -0.05) is 55.5 Å². The Labute approximate surface area is 301 Å². The van der Waals surface area contributed by atoms with E-state index in [1.807, 2.05) is 53.9 Å². The molecular formula is C39H45FN2O8S. The molecule has 51 heavy (non-hydrogen) atoms. The predicted molar refractivity (Wildman–Crippen MR) is 195 cm³/mol. The zero-order chi connectivity index (χ0) is 37.3. The number of aliphatic hydroxyl groups excluding tert-OH is 5. The number of amides is 1. The molecule has 0 radical (unpaired) electrons. The Hall–Kier alpha value is -4.45. The molecule has 0 unspecified atom stereocenters. The Morgan fingerprint density at radius 1 is 0.882 bits per heavy atom. The topological polar surface area (TPSA) is 171 Å². The first-order chi connectivity index (χ1) is 24.5. The number of nitrogens with zero attached hydrogens (tertiary/aromatic N) is 1. The summed E-state index contributed by atoms with van der Waals surface area (Å²) >= 11 is 1.47. The van der Waals surface area contributed by atoms with Gasteiger partial charge in [-0.15, -0.1) is 11.3 Å². The van der Waals surface area contributed by atoms with E-state index in [2.05, 4.69) is 36.2 Å². The van der Waals surface area contributed by atoms with E-state index in [1.165, 1.54) is 46.8 Å². The average molecular weight is 721 g/mol. The van der Waals surface area contributed by atoms with Crippen LogP contribution in [0.3, 0.4) is 0 Å². The van der Waals surface area contributed by atoms with Crippen LogP contribution in [-0.2, 0) is 24.2 Å². The summed E-state index contributed by atoms with van der Waals surface area (Å²) in [7, 11) is 1.57. The molecule has 4 rings (SSSR count). The number of rotatable bonds is 15. The fourth-order valence-electron chi connectivity index (χ4n) is 4.88. The van der Waals surface area contributed by atoms with Gasteiger partial charge < -0.3 is 40.9 Å². The van der Waals surface area contributed by atoms with Crippen LogP contribution in [0.25, 0.3) is 0 Å². The molecule has 272 valence electrons. The second-order valence-corrected chi connectivity index (χ2v) is 12.8. The van der Waals surface area contributed by atoms with Crippen LogP contribution in [0.4, 0.5) is 10.1 Å². The molecule has 1 amide bonds. The number of unbranched alkanes of at least 4 members (excludes halogenated alkanes) is 1. The maximum absolute atomic E-state index is 14.0. The maximum atomic E-state index is 14.0. The first-order valence-corrected chi connectivity index (χ1v) is 17.4. The molecule has 0 aliphatic carbocycles. The highest BCUT2D eigenvalue weighted by Crippen LogP contribution is 2.24. The Kier molecular flexibility index (Phi) is 16.9. The predicted octanol–water partition coefficient (Wildman–Crippen LogP) is 3.75. The molecule has 12 heteroatoms. The van der Waals surface area contributed by atoms with Crippen LogP contribution in [-0.4, -0.2) is 87.1 Å². The molecule has 0 spiro atoms. The van der Waals surface area contributed by atoms with E-state index in [0.29, 0.717) is 5.69 Å². The number of aromatic carboxylic acids is 1. The largest absolute Gasteiger partial charge is 0.478 e. The van der Waals surface area contributed by atoms with Gasteiger partial charge in [0.25, 0.3) is 0 Å². The van der Waals surface area contributed by atoms with Crippen molar-refractivity contribution in [3.63, 3.8) is 0 Å². The van der Waals surface area contributed by atoms with Crippen molar-refractivity contribution >= 4 is 28.9 Å². The summed E-state index contributed by atoms with van der Waals surface area (Å²) in [6, 6.07) is 23.4. The minimum Gasteiger partial charge on any atom is -0.478 e. The third-order valence-electron chi connectivity index (χ3n) is 7.86. The molecule has 10 nitrogen and oxygen atoms in total. The molecule has 1 aromatic heterocycles. The summed E-state index contributed by atoms with van der Waals surface area (Å²) in [4.78, 5) is 27.1. The number of carbonyl (C=O) groups excluding carboxylic acids is 1. The van der Waals surface area contributed by atoms with Gasteiger partial charge in [0.1, 0.15) is 24.1 Å². The summed E-state index contributed by atoms with van der Waals surface area (Å²) in [5, 5.41) is 58.7. The van der Waals surface area contributed by atoms with Gasteiger partial charge in [0, 0.05) is 28.2 Å². The fraction of sp³-hybridized carbons (Fsp3) is 0.333. The number of aliphatic hydroxyl groups is 5. The maximum Gasteiger partial charge on any atom is 0.338 e. The number of hydrogen-bond donors (Lipinski definition) is 7. The monoisotopic (exact) mass is 720 g/mol. The molecular weight excluding hydrogens is 676 g/mol. The second-order valence-electron chi connectivity index (χ2n) is 11.8. The van der Waals surface area contributed by atoms with E-state index >= 15 is 0 Å². The number of hydrogen-bond acceptors (Lipinski definition) is 9. The van der Waals surface area contributed by atoms with E-state index in [1.54, 1.807) is 7.05 Å². The van der Waals surface area contributed by atoms with Crippen molar-refractivity contribution in [1.29, 1.82) is 0 Å². The van der Waals surface area contributed by atoms with Crippen molar-refractivity contribution in [3.05, 3.63) is 123 Å². The molecule has 0 bridgehead atoms. The van der Waals surface area contributed by atoms with Crippen molar-refractivity contribution in [3.8, 4) is 11.8 Å². The molecule has 0 fully saturated rings. The van der Waals surface area contributed by atoms with Crippen molar-refractivity contribution in [2.75, 3.05) is 25.1 Å². The molecule has 3 aromatic carbocycles. The van der Waals surface area contributed by atoms with E-state index < -0.39 is 48.4 Å². The zero-order valence-electron chi connectivity index (χ0n) is 28.6. The lowest BCUT2D eigenvalue weighted by molar-refractivity contribution is -0.118. The van der Waals surface area contributed by atoms with E-state index in [9.17, 15) is 24.2 Å². The molecule has 0 saturated carbocycles. The summed E-state index contributed by atoms with van der Waals surface area (Å²) in [6.07, 6.45) is -2.06. The average Bonchev–Trinajstić information content (AvgIpc) is 3.65. The van der Waals surface area contributed by atoms with Gasteiger partial charge in [-0.3, -0.25) is 4.79 Å². The smallest absolute Gasteiger partial charge is 0.338 e. The van der Waals surface area contributed by atoms with Gasteiger partial charge in [-0.05, 0) is 84.9 Å². The van der Waals surface area contributed by atoms with Crippen LogP contribution in [0.1, 0.15) is 57.3 Å². The van der Waals surface area contributed by atoms with Gasteiger partial charge in [0.05, 0.1) is 31.2 Å². The van der Waals surface area contributed by atoms with E-state index in [4.69, 9.17) is 20.4 Å². The zero-order valence-corrected chi connectivity index (χ0v) is 29.4. The van der Waals surface area contributed by atoms with Gasteiger partial charge in [-0.2, -0.15) is 0 Å². The van der Waals surface area contributed by atoms with Crippen LogP contribution in [0.5, 0.6) is 0 Å². The first kappa shape index (κ1) is 41.0. The van der Waals surface area contributed by atoms with E-state index in [0.717, 1.165) is 34.1 Å². The number of thiophene rings is 1. The van der Waals surface area contributed by atoms with Crippen molar-refractivity contribution in [2.24, 2.45) is 0 Å². The normalized spacial score (nSPS) is 13.1. The highest BCUT2D eigenvalue weighted by atomic mass is 32.1. The molecule has 7 N–H and O–H groups in total.